The van der Waals surface area contributed by atoms with Gasteiger partial charge in [-0.2, -0.15) is 0 Å². The van der Waals surface area contributed by atoms with Crippen molar-refractivity contribution in [1.82, 2.24) is 59.8 Å². The second-order valence-corrected chi connectivity index (χ2v) is 14.4. The van der Waals surface area contributed by atoms with Crippen LogP contribution in [-0.2, 0) is 26.2 Å². The minimum absolute atomic E-state index is 0.125. The molecular formula is C46H42N16O3. The van der Waals surface area contributed by atoms with Gasteiger partial charge in [-0.15, -0.1) is 0 Å². The summed E-state index contributed by atoms with van der Waals surface area (Å²) in [4.78, 5) is 65.5. The number of carbonyl (C=O) groups excluding carboxylic acids is 1. The highest BCUT2D eigenvalue weighted by Gasteiger charge is 2.24. The Morgan fingerprint density at radius 1 is 0.492 bits per heavy atom. The van der Waals surface area contributed by atoms with Crippen LogP contribution in [0.5, 0.6) is 11.5 Å². The van der Waals surface area contributed by atoms with Gasteiger partial charge in [-0.1, -0.05) is 12.1 Å². The number of nitrogens with zero attached hydrogens (tertiary/aromatic N) is 14. The molecule has 0 unspecified atom stereocenters. The molecule has 0 saturated carbocycles. The van der Waals surface area contributed by atoms with Crippen molar-refractivity contribution in [3.05, 3.63) is 155 Å². The number of fused-ring (bicyclic) bond motifs is 2. The molecule has 0 radical (unpaired) electrons. The summed E-state index contributed by atoms with van der Waals surface area (Å²) in [7, 11) is 3.36. The zero-order valence-corrected chi connectivity index (χ0v) is 35.6. The van der Waals surface area contributed by atoms with Crippen molar-refractivity contribution in [2.75, 3.05) is 35.5 Å². The molecule has 19 heteroatoms. The summed E-state index contributed by atoms with van der Waals surface area (Å²) < 4.78 is 10.6. The van der Waals surface area contributed by atoms with Crippen LogP contribution in [0.4, 0.5) is 23.8 Å². The molecule has 0 fully saturated rings. The first-order valence-electron chi connectivity index (χ1n) is 20.1. The van der Waals surface area contributed by atoms with E-state index in [1.54, 1.807) is 51.3 Å². The number of hydrogen-bond donors (Lipinski definition) is 2. The second-order valence-electron chi connectivity index (χ2n) is 14.4. The van der Waals surface area contributed by atoms with Gasteiger partial charge in [-0.25, -0.2) is 59.8 Å². The summed E-state index contributed by atoms with van der Waals surface area (Å²) in [6, 6.07) is 22.9. The van der Waals surface area contributed by atoms with Crippen LogP contribution in [0.2, 0.25) is 0 Å². The maximum absolute atomic E-state index is 10.0. The molecule has 324 valence electrons. The van der Waals surface area contributed by atoms with Crippen molar-refractivity contribution in [2.24, 2.45) is 0 Å². The topological polar surface area (TPSA) is 249 Å². The summed E-state index contributed by atoms with van der Waals surface area (Å²) in [5.41, 5.74) is 19.8. The highest BCUT2D eigenvalue weighted by Crippen LogP contribution is 2.31. The summed E-state index contributed by atoms with van der Waals surface area (Å²) in [6.07, 6.45) is 14.3. The van der Waals surface area contributed by atoms with Crippen molar-refractivity contribution in [3.8, 4) is 34.5 Å². The van der Waals surface area contributed by atoms with E-state index in [2.05, 4.69) is 88.9 Å². The van der Waals surface area contributed by atoms with Crippen LogP contribution in [0, 0.1) is 6.92 Å². The van der Waals surface area contributed by atoms with E-state index in [4.69, 9.17) is 25.9 Å². The molecule has 0 amide bonds. The molecule has 0 bridgehead atoms. The Morgan fingerprint density at radius 3 is 1.43 bits per heavy atom. The Kier molecular flexibility index (Phi) is 13.1. The number of hydrogen-bond acceptors (Lipinski definition) is 19. The van der Waals surface area contributed by atoms with Gasteiger partial charge in [0.25, 0.3) is 0 Å². The maximum Gasteiger partial charge on any atom is 0.226 e. The summed E-state index contributed by atoms with van der Waals surface area (Å²) in [5, 5.41) is 0. The van der Waals surface area contributed by atoms with E-state index in [9.17, 15) is 4.79 Å². The van der Waals surface area contributed by atoms with Crippen molar-refractivity contribution >= 4 is 42.2 Å². The van der Waals surface area contributed by atoms with Gasteiger partial charge < -0.3 is 30.7 Å². The van der Waals surface area contributed by atoms with E-state index in [-0.39, 0.29) is 11.9 Å². The van der Waals surface area contributed by atoms with Crippen LogP contribution in [0.1, 0.15) is 49.8 Å². The quantitative estimate of drug-likeness (QED) is 0.166. The number of nitrogens with two attached hydrogens (primary N) is 2. The Bertz CT molecular complexity index is 2990. The van der Waals surface area contributed by atoms with Crippen LogP contribution in [-0.4, -0.2) is 80.3 Å². The zero-order valence-electron chi connectivity index (χ0n) is 35.6. The summed E-state index contributed by atoms with van der Waals surface area (Å²) in [5.74, 6) is 4.55. The Hall–Kier alpha value is -8.87. The minimum atomic E-state index is 0.125. The standard InChI is InChI=1S/C23H20N8O.C18H17N5O.C5H5N3O/c1-32-19-5-2-15-13-31(14-16(15)12-19)23-27-11-8-20(30-23)21-25-9-6-17(28-21)3-4-18-7-10-26-22(24)29-18;1-12-5-7-19-17(21-12)16-6-8-20-18(22-16)23-10-13-3-4-15(24-2)9-14(13)11-23;6-5-7-2-1-4(3-9)8-5/h2-12H,13-14H2,1H3,(H2,24,26,29);3-9H,10-11H2,1-2H3;1-3H,(H2,6,7,8)/b4-3+;;. The van der Waals surface area contributed by atoms with E-state index in [1.807, 2.05) is 55.5 Å². The van der Waals surface area contributed by atoms with Crippen LogP contribution in [0.3, 0.4) is 0 Å². The first kappa shape index (κ1) is 42.8. The first-order valence-corrected chi connectivity index (χ1v) is 20.1. The molecule has 65 heavy (non-hydrogen) atoms. The lowest BCUT2D eigenvalue weighted by molar-refractivity contribution is 0.111. The number of anilines is 4. The fourth-order valence-corrected chi connectivity index (χ4v) is 6.80. The van der Waals surface area contributed by atoms with E-state index in [0.29, 0.717) is 46.9 Å². The van der Waals surface area contributed by atoms with Gasteiger partial charge in [-0.3, -0.25) is 4.79 Å². The fourth-order valence-electron chi connectivity index (χ4n) is 6.80. The van der Waals surface area contributed by atoms with Gasteiger partial charge in [0, 0.05) is 69.1 Å². The van der Waals surface area contributed by atoms with E-state index in [0.717, 1.165) is 54.8 Å². The number of rotatable bonds is 9. The number of nitrogen functional groups attached to an aromatic ring is 2. The fraction of sp³-hybridized carbons (Fsp3) is 0.152. The summed E-state index contributed by atoms with van der Waals surface area (Å²) in [6.45, 7) is 4.97. The van der Waals surface area contributed by atoms with E-state index in [1.165, 1.54) is 34.5 Å². The van der Waals surface area contributed by atoms with Crippen LogP contribution < -0.4 is 30.7 Å². The maximum atomic E-state index is 10.0. The molecule has 2 aromatic carbocycles. The highest BCUT2D eigenvalue weighted by atomic mass is 16.5. The monoisotopic (exact) mass is 866 g/mol. The first-order chi connectivity index (χ1) is 31.7. The molecule has 19 nitrogen and oxygen atoms in total. The Morgan fingerprint density at radius 2 is 0.938 bits per heavy atom. The van der Waals surface area contributed by atoms with Gasteiger partial charge in [0.05, 0.1) is 25.6 Å². The third kappa shape index (κ3) is 10.8. The van der Waals surface area contributed by atoms with Crippen molar-refractivity contribution < 1.29 is 14.3 Å². The SMILES string of the molecule is COc1ccc2c(c1)CN(c1nccc(-c3nccc(/C=C/c4ccnc(N)n4)n3)n1)C2.COc1ccc2c(c1)CN(c1nccc(-c3nccc(C)n3)n1)C2.Nc1nccc(C=O)n1. The average Bonchev–Trinajstić information content (AvgIpc) is 3.98. The van der Waals surface area contributed by atoms with Crippen molar-refractivity contribution in [2.45, 2.75) is 33.1 Å². The largest absolute Gasteiger partial charge is 0.497 e. The molecule has 0 aliphatic carbocycles. The highest BCUT2D eigenvalue weighted by molar-refractivity contribution is 5.71. The van der Waals surface area contributed by atoms with Crippen LogP contribution in [0.25, 0.3) is 35.2 Å². The molecule has 8 heterocycles. The van der Waals surface area contributed by atoms with Gasteiger partial charge >= 0.3 is 0 Å². The molecule has 2 aliphatic rings. The Labute approximate surface area is 373 Å². The lowest BCUT2D eigenvalue weighted by Gasteiger charge is -2.15. The predicted molar refractivity (Wildman–Crippen MR) is 244 cm³/mol. The molecular weight excluding hydrogens is 825 g/mol. The minimum Gasteiger partial charge on any atom is -0.497 e. The lowest BCUT2D eigenvalue weighted by atomic mass is 10.1. The molecule has 2 aliphatic heterocycles. The van der Waals surface area contributed by atoms with E-state index >= 15 is 0 Å². The zero-order chi connectivity index (χ0) is 45.1. The molecule has 0 saturated heterocycles. The van der Waals surface area contributed by atoms with Gasteiger partial charge in [-0.05, 0) is 102 Å². The molecule has 8 aromatic rings. The van der Waals surface area contributed by atoms with Gasteiger partial charge in [0.15, 0.2) is 17.9 Å². The Balaban J connectivity index is 0.000000153. The molecule has 6 aromatic heterocycles. The smallest absolute Gasteiger partial charge is 0.226 e. The molecule has 0 atom stereocenters. The predicted octanol–water partition coefficient (Wildman–Crippen LogP) is 5.65. The number of aryl methyl sites for hydroxylation is 1. The number of methoxy groups -OCH3 is 2. The summed E-state index contributed by atoms with van der Waals surface area (Å²) >= 11 is 0. The third-order valence-corrected chi connectivity index (χ3v) is 9.99. The number of benzene rings is 2. The van der Waals surface area contributed by atoms with E-state index < -0.39 is 0 Å². The second kappa shape index (κ2) is 19.9. The molecule has 10 rings (SSSR count). The van der Waals surface area contributed by atoms with Crippen LogP contribution >= 0.6 is 0 Å². The average molecular weight is 867 g/mol. The number of carbonyl (C=O) groups is 1. The van der Waals surface area contributed by atoms with Crippen molar-refractivity contribution in [1.29, 1.82) is 0 Å². The number of ether oxygens (including phenoxy) is 2. The number of aromatic nitrogens is 12. The van der Waals surface area contributed by atoms with Gasteiger partial charge in [0.1, 0.15) is 28.6 Å². The normalized spacial score (nSPS) is 12.4. The van der Waals surface area contributed by atoms with Crippen molar-refractivity contribution in [3.63, 3.8) is 0 Å². The van der Waals surface area contributed by atoms with Gasteiger partial charge in [0.2, 0.25) is 23.8 Å². The number of aldehydes is 1. The molecule has 4 N–H and O–H groups in total. The lowest BCUT2D eigenvalue weighted by Crippen LogP contribution is -2.17. The molecule has 0 spiro atoms. The third-order valence-electron chi connectivity index (χ3n) is 9.99. The van der Waals surface area contributed by atoms with Crippen LogP contribution in [0.15, 0.2) is 110 Å².